The van der Waals surface area contributed by atoms with Crippen LogP contribution in [0.2, 0.25) is 0 Å². The van der Waals surface area contributed by atoms with Crippen LogP contribution in [0.25, 0.3) is 0 Å². The van der Waals surface area contributed by atoms with Crippen LogP contribution in [-0.4, -0.2) is 36.8 Å². The predicted molar refractivity (Wildman–Crippen MR) is 70.7 cm³/mol. The van der Waals surface area contributed by atoms with Crippen molar-refractivity contribution in [3.05, 3.63) is 24.2 Å². The van der Waals surface area contributed by atoms with Crippen molar-refractivity contribution >= 4 is 11.8 Å². The van der Waals surface area contributed by atoms with Crippen LogP contribution in [0.1, 0.15) is 24.9 Å². The van der Waals surface area contributed by atoms with Gasteiger partial charge in [0, 0.05) is 18.8 Å². The molecule has 0 aliphatic rings. The van der Waals surface area contributed by atoms with Crippen LogP contribution in [0.15, 0.2) is 22.8 Å². The van der Waals surface area contributed by atoms with E-state index in [1.54, 1.807) is 6.26 Å². The maximum Gasteiger partial charge on any atom is 0.118 e. The van der Waals surface area contributed by atoms with Crippen molar-refractivity contribution in [1.29, 1.82) is 0 Å². The van der Waals surface area contributed by atoms with Gasteiger partial charge in [0.25, 0.3) is 0 Å². The summed E-state index contributed by atoms with van der Waals surface area (Å²) in [5.41, 5.74) is 5.75. The molecule has 0 aliphatic heterocycles. The summed E-state index contributed by atoms with van der Waals surface area (Å²) in [5.74, 6) is 2.09. The van der Waals surface area contributed by atoms with E-state index in [9.17, 15) is 0 Å². The van der Waals surface area contributed by atoms with Crippen LogP contribution in [0.3, 0.4) is 0 Å². The first kappa shape index (κ1) is 13.6. The molecule has 1 rings (SSSR count). The van der Waals surface area contributed by atoms with Gasteiger partial charge in [0.2, 0.25) is 0 Å². The quantitative estimate of drug-likeness (QED) is 0.760. The maximum absolute atomic E-state index is 5.75. The third-order valence-electron chi connectivity index (χ3n) is 2.70. The topological polar surface area (TPSA) is 42.4 Å². The van der Waals surface area contributed by atoms with Gasteiger partial charge in [0.05, 0.1) is 11.5 Å². The van der Waals surface area contributed by atoms with E-state index in [0.29, 0.717) is 11.8 Å². The third-order valence-corrected chi connectivity index (χ3v) is 3.94. The highest BCUT2D eigenvalue weighted by molar-refractivity contribution is 7.99. The summed E-state index contributed by atoms with van der Waals surface area (Å²) in [6, 6.07) is 3.92. The van der Waals surface area contributed by atoms with Crippen molar-refractivity contribution in [3.8, 4) is 0 Å². The van der Waals surface area contributed by atoms with Crippen molar-refractivity contribution in [2.24, 2.45) is 5.73 Å². The standard InChI is InChI=1S/C12H22N2OS/c1-3-14(4-2)7-9-16-12(10-13)11-6-5-8-15-11/h5-6,8,12H,3-4,7,9-10,13H2,1-2H3. The van der Waals surface area contributed by atoms with Gasteiger partial charge in [0.15, 0.2) is 0 Å². The number of nitrogens with zero attached hydrogens (tertiary/aromatic N) is 1. The van der Waals surface area contributed by atoms with E-state index in [1.807, 2.05) is 23.9 Å². The van der Waals surface area contributed by atoms with Crippen LogP contribution in [-0.2, 0) is 0 Å². The highest BCUT2D eigenvalue weighted by Gasteiger charge is 2.12. The molecular formula is C12H22N2OS. The summed E-state index contributed by atoms with van der Waals surface area (Å²) >= 11 is 1.88. The molecule has 0 saturated carbocycles. The average Bonchev–Trinajstić information content (AvgIpc) is 2.83. The van der Waals surface area contributed by atoms with E-state index in [1.165, 1.54) is 0 Å². The normalized spacial score (nSPS) is 13.2. The summed E-state index contributed by atoms with van der Waals surface area (Å²) in [6.45, 7) is 8.38. The number of hydrogen-bond donors (Lipinski definition) is 1. The largest absolute Gasteiger partial charge is 0.468 e. The van der Waals surface area contributed by atoms with Crippen LogP contribution in [0.5, 0.6) is 0 Å². The Morgan fingerprint density at radius 1 is 1.44 bits per heavy atom. The van der Waals surface area contributed by atoms with Gasteiger partial charge < -0.3 is 15.1 Å². The minimum absolute atomic E-state index is 0.297. The number of hydrogen-bond acceptors (Lipinski definition) is 4. The molecule has 0 radical (unpaired) electrons. The highest BCUT2D eigenvalue weighted by atomic mass is 32.2. The van der Waals surface area contributed by atoms with Crippen LogP contribution < -0.4 is 5.73 Å². The maximum atomic E-state index is 5.75. The second kappa shape index (κ2) is 7.76. The molecule has 0 fully saturated rings. The molecule has 3 nitrogen and oxygen atoms in total. The zero-order valence-electron chi connectivity index (χ0n) is 10.2. The van der Waals surface area contributed by atoms with E-state index < -0.39 is 0 Å². The van der Waals surface area contributed by atoms with Crippen molar-refractivity contribution in [2.45, 2.75) is 19.1 Å². The number of thioether (sulfide) groups is 1. The summed E-state index contributed by atoms with van der Waals surface area (Å²) in [5, 5.41) is 0.297. The van der Waals surface area contributed by atoms with Gasteiger partial charge in [-0.15, -0.1) is 11.8 Å². The van der Waals surface area contributed by atoms with Gasteiger partial charge in [-0.2, -0.15) is 0 Å². The molecule has 0 amide bonds. The SMILES string of the molecule is CCN(CC)CCSC(CN)c1ccco1. The second-order valence-corrected chi connectivity index (χ2v) is 4.95. The molecule has 0 saturated heterocycles. The van der Waals surface area contributed by atoms with E-state index in [2.05, 4.69) is 18.7 Å². The molecule has 92 valence electrons. The Hall–Kier alpha value is -0.450. The Morgan fingerprint density at radius 2 is 2.19 bits per heavy atom. The summed E-state index contributed by atoms with van der Waals surface area (Å²) in [7, 11) is 0. The number of rotatable bonds is 8. The first-order valence-corrected chi connectivity index (χ1v) is 6.94. The van der Waals surface area contributed by atoms with Crippen LogP contribution >= 0.6 is 11.8 Å². The number of furan rings is 1. The van der Waals surface area contributed by atoms with Crippen molar-refractivity contribution in [2.75, 3.05) is 31.9 Å². The van der Waals surface area contributed by atoms with Gasteiger partial charge in [-0.1, -0.05) is 13.8 Å². The molecule has 0 aromatic carbocycles. The molecule has 1 aromatic rings. The third kappa shape index (κ3) is 4.20. The molecule has 1 atom stereocenters. The summed E-state index contributed by atoms with van der Waals surface area (Å²) in [4.78, 5) is 2.42. The van der Waals surface area contributed by atoms with Gasteiger partial charge in [-0.3, -0.25) is 0 Å². The molecular weight excluding hydrogens is 220 g/mol. The van der Waals surface area contributed by atoms with Gasteiger partial charge in [-0.25, -0.2) is 0 Å². The fourth-order valence-electron chi connectivity index (χ4n) is 1.60. The van der Waals surface area contributed by atoms with Crippen molar-refractivity contribution < 1.29 is 4.42 Å². The Morgan fingerprint density at radius 3 is 2.69 bits per heavy atom. The van der Waals surface area contributed by atoms with Gasteiger partial charge in [-0.05, 0) is 25.2 Å². The summed E-state index contributed by atoms with van der Waals surface area (Å²) < 4.78 is 5.38. The lowest BCUT2D eigenvalue weighted by atomic mass is 10.3. The van der Waals surface area contributed by atoms with E-state index in [-0.39, 0.29) is 0 Å². The molecule has 0 spiro atoms. The van der Waals surface area contributed by atoms with E-state index >= 15 is 0 Å². The van der Waals surface area contributed by atoms with Gasteiger partial charge in [0.1, 0.15) is 5.76 Å². The van der Waals surface area contributed by atoms with Gasteiger partial charge >= 0.3 is 0 Å². The Balaban J connectivity index is 2.30. The van der Waals surface area contributed by atoms with E-state index in [4.69, 9.17) is 10.2 Å². The van der Waals surface area contributed by atoms with Crippen LogP contribution in [0, 0.1) is 0 Å². The average molecular weight is 242 g/mol. The lowest BCUT2D eigenvalue weighted by molar-refractivity contribution is 0.323. The van der Waals surface area contributed by atoms with Crippen molar-refractivity contribution in [1.82, 2.24) is 4.90 Å². The molecule has 0 aliphatic carbocycles. The first-order chi connectivity index (χ1) is 7.81. The molecule has 0 bridgehead atoms. The smallest absolute Gasteiger partial charge is 0.118 e. The van der Waals surface area contributed by atoms with Crippen LogP contribution in [0.4, 0.5) is 0 Å². The molecule has 2 N–H and O–H groups in total. The molecule has 1 aromatic heterocycles. The molecule has 1 unspecified atom stereocenters. The second-order valence-electron chi connectivity index (χ2n) is 3.64. The monoisotopic (exact) mass is 242 g/mol. The minimum atomic E-state index is 0.297. The fourth-order valence-corrected chi connectivity index (χ4v) is 2.69. The predicted octanol–water partition coefficient (Wildman–Crippen LogP) is 2.35. The van der Waals surface area contributed by atoms with E-state index in [0.717, 1.165) is 31.1 Å². The zero-order chi connectivity index (χ0) is 11.8. The molecule has 16 heavy (non-hydrogen) atoms. The zero-order valence-corrected chi connectivity index (χ0v) is 11.0. The lowest BCUT2D eigenvalue weighted by Crippen LogP contribution is -2.25. The number of nitrogens with two attached hydrogens (primary N) is 1. The highest BCUT2D eigenvalue weighted by Crippen LogP contribution is 2.27. The Bertz CT molecular complexity index is 260. The minimum Gasteiger partial charge on any atom is -0.468 e. The molecule has 1 heterocycles. The first-order valence-electron chi connectivity index (χ1n) is 5.89. The lowest BCUT2D eigenvalue weighted by Gasteiger charge is -2.19. The fraction of sp³-hybridized carbons (Fsp3) is 0.667. The van der Waals surface area contributed by atoms with Crippen molar-refractivity contribution in [3.63, 3.8) is 0 Å². The summed E-state index contributed by atoms with van der Waals surface area (Å²) in [6.07, 6.45) is 1.71. The molecule has 4 heteroatoms. The Labute approximate surface area is 102 Å². The Kier molecular flexibility index (Phi) is 6.61.